The van der Waals surface area contributed by atoms with Gasteiger partial charge in [0.15, 0.2) is 5.41 Å². The Hall–Kier alpha value is -2.46. The first-order valence-corrected chi connectivity index (χ1v) is 9.10. The highest BCUT2D eigenvalue weighted by atomic mass is 19.4. The molecule has 0 aliphatic carbocycles. The number of methoxy groups -OCH3 is 1. The van der Waals surface area contributed by atoms with E-state index in [4.69, 9.17) is 4.74 Å². The van der Waals surface area contributed by atoms with Crippen LogP contribution in [0.15, 0.2) is 24.3 Å². The number of benzene rings is 1. The number of carbonyl (C=O) groups excluding carboxylic acids is 2. The Kier molecular flexibility index (Phi) is 6.63. The number of rotatable bonds is 5. The Labute approximate surface area is 169 Å². The van der Waals surface area contributed by atoms with Crippen LogP contribution in [0.3, 0.4) is 0 Å². The number of nitrogens with one attached hydrogen (secondary N) is 1. The van der Waals surface area contributed by atoms with Crippen molar-refractivity contribution in [3.05, 3.63) is 29.8 Å². The smallest absolute Gasteiger partial charge is 0.404 e. The molecular weight excluding hydrogens is 418 g/mol. The summed E-state index contributed by atoms with van der Waals surface area (Å²) < 4.78 is 84.6. The standard InChI is InChI=1S/C19H22F6N2O3/c1-11(2)14(26-15(28)12-4-6-13(30-3)7-5-12)16(29)27-9-8-17(10-27,18(20,21)22)19(23,24)25/h4-7,11,14H,8-10H2,1-3H3,(H,26,28). The van der Waals surface area contributed by atoms with E-state index in [0.717, 1.165) is 0 Å². The molecule has 168 valence electrons. The molecule has 1 saturated heterocycles. The Morgan fingerprint density at radius 2 is 1.60 bits per heavy atom. The molecule has 1 aliphatic heterocycles. The maximum Gasteiger partial charge on any atom is 0.404 e. The molecule has 2 rings (SSSR count). The zero-order valence-electron chi connectivity index (χ0n) is 16.5. The molecule has 0 bridgehead atoms. The molecule has 1 aromatic carbocycles. The van der Waals surface area contributed by atoms with Gasteiger partial charge >= 0.3 is 12.4 Å². The van der Waals surface area contributed by atoms with E-state index in [-0.39, 0.29) is 5.56 Å². The van der Waals surface area contributed by atoms with E-state index < -0.39 is 61.1 Å². The number of alkyl halides is 6. The zero-order valence-corrected chi connectivity index (χ0v) is 16.5. The molecule has 5 nitrogen and oxygen atoms in total. The van der Waals surface area contributed by atoms with Crippen LogP contribution in [-0.2, 0) is 4.79 Å². The van der Waals surface area contributed by atoms with Crippen molar-refractivity contribution in [3.63, 3.8) is 0 Å². The first-order chi connectivity index (χ1) is 13.7. The SMILES string of the molecule is COc1ccc(C(=O)NC(C(=O)N2CCC(C(F)(F)F)(C(F)(F)F)C2)C(C)C)cc1. The fourth-order valence-corrected chi connectivity index (χ4v) is 3.30. The number of nitrogens with zero attached hydrogens (tertiary/aromatic N) is 1. The first-order valence-electron chi connectivity index (χ1n) is 9.10. The molecule has 0 spiro atoms. The van der Waals surface area contributed by atoms with Crippen molar-refractivity contribution in [1.82, 2.24) is 10.2 Å². The van der Waals surface area contributed by atoms with Gasteiger partial charge in [-0.2, -0.15) is 26.3 Å². The first kappa shape index (κ1) is 23.8. The Bertz CT molecular complexity index is 760. The van der Waals surface area contributed by atoms with Crippen molar-refractivity contribution in [2.75, 3.05) is 20.2 Å². The molecule has 1 unspecified atom stereocenters. The lowest BCUT2D eigenvalue weighted by molar-refractivity contribution is -0.334. The molecule has 0 aromatic heterocycles. The molecular formula is C19H22F6N2O3. The topological polar surface area (TPSA) is 58.6 Å². The van der Waals surface area contributed by atoms with Crippen molar-refractivity contribution < 1.29 is 40.7 Å². The highest BCUT2D eigenvalue weighted by Gasteiger charge is 2.73. The van der Waals surface area contributed by atoms with E-state index in [0.29, 0.717) is 10.6 Å². The van der Waals surface area contributed by atoms with E-state index >= 15 is 0 Å². The van der Waals surface area contributed by atoms with Crippen LogP contribution in [0.5, 0.6) is 5.75 Å². The van der Waals surface area contributed by atoms with Crippen LogP contribution in [0.1, 0.15) is 30.6 Å². The number of likely N-dealkylation sites (tertiary alicyclic amines) is 1. The van der Waals surface area contributed by atoms with Gasteiger partial charge in [-0.15, -0.1) is 0 Å². The van der Waals surface area contributed by atoms with Gasteiger partial charge in [0.05, 0.1) is 7.11 Å². The number of amides is 2. The summed E-state index contributed by atoms with van der Waals surface area (Å²) in [6, 6.07) is 4.57. The second kappa shape index (κ2) is 8.35. The normalized spacial score (nSPS) is 17.7. The van der Waals surface area contributed by atoms with Crippen molar-refractivity contribution >= 4 is 11.8 Å². The molecule has 1 atom stereocenters. The van der Waals surface area contributed by atoms with Crippen molar-refractivity contribution in [1.29, 1.82) is 0 Å². The zero-order chi connectivity index (χ0) is 22.9. The highest BCUT2D eigenvalue weighted by Crippen LogP contribution is 2.55. The maximum atomic E-state index is 13.3. The molecule has 1 heterocycles. The molecule has 2 amide bonds. The molecule has 11 heteroatoms. The summed E-state index contributed by atoms with van der Waals surface area (Å²) in [6.45, 7) is 0.835. The second-order valence-electron chi connectivity index (χ2n) is 7.51. The van der Waals surface area contributed by atoms with E-state index in [1.54, 1.807) is 0 Å². The minimum absolute atomic E-state index is 0.163. The lowest BCUT2D eigenvalue weighted by atomic mass is 9.85. The lowest BCUT2D eigenvalue weighted by Gasteiger charge is -2.34. The molecule has 1 N–H and O–H groups in total. The predicted octanol–water partition coefficient (Wildman–Crippen LogP) is 3.79. The number of halogens is 6. The fourth-order valence-electron chi connectivity index (χ4n) is 3.30. The van der Waals surface area contributed by atoms with Crippen LogP contribution >= 0.6 is 0 Å². The summed E-state index contributed by atoms with van der Waals surface area (Å²) in [4.78, 5) is 25.7. The summed E-state index contributed by atoms with van der Waals surface area (Å²) >= 11 is 0. The Morgan fingerprint density at radius 1 is 1.07 bits per heavy atom. The minimum atomic E-state index is -5.56. The third kappa shape index (κ3) is 4.49. The van der Waals surface area contributed by atoms with Gasteiger partial charge in [0, 0.05) is 18.7 Å². The van der Waals surface area contributed by atoms with Gasteiger partial charge in [0.25, 0.3) is 5.91 Å². The number of hydrogen-bond acceptors (Lipinski definition) is 3. The van der Waals surface area contributed by atoms with Crippen LogP contribution < -0.4 is 10.1 Å². The summed E-state index contributed by atoms with van der Waals surface area (Å²) in [5, 5.41) is 2.42. The van der Waals surface area contributed by atoms with Gasteiger partial charge in [-0.25, -0.2) is 0 Å². The van der Waals surface area contributed by atoms with E-state index in [9.17, 15) is 35.9 Å². The highest BCUT2D eigenvalue weighted by molar-refractivity contribution is 5.97. The van der Waals surface area contributed by atoms with E-state index in [2.05, 4.69) is 5.32 Å². The molecule has 1 aromatic rings. The molecule has 1 aliphatic rings. The summed E-state index contributed by atoms with van der Waals surface area (Å²) in [5.74, 6) is -1.74. The Balaban J connectivity index is 2.20. The second-order valence-corrected chi connectivity index (χ2v) is 7.51. The lowest BCUT2D eigenvalue weighted by Crippen LogP contribution is -2.55. The van der Waals surface area contributed by atoms with Gasteiger partial charge in [-0.1, -0.05) is 13.8 Å². The van der Waals surface area contributed by atoms with Crippen molar-refractivity contribution in [2.45, 2.75) is 38.7 Å². The largest absolute Gasteiger partial charge is 0.497 e. The average Bonchev–Trinajstić information content (AvgIpc) is 3.12. The molecule has 1 fully saturated rings. The third-order valence-corrected chi connectivity index (χ3v) is 5.24. The van der Waals surface area contributed by atoms with Crippen LogP contribution in [0, 0.1) is 11.3 Å². The maximum absolute atomic E-state index is 13.3. The van der Waals surface area contributed by atoms with Gasteiger partial charge in [-0.05, 0) is 36.6 Å². The van der Waals surface area contributed by atoms with Crippen molar-refractivity contribution in [2.24, 2.45) is 11.3 Å². The predicted molar refractivity (Wildman–Crippen MR) is 94.8 cm³/mol. The van der Waals surface area contributed by atoms with Crippen LogP contribution in [0.2, 0.25) is 0 Å². The molecule has 0 saturated carbocycles. The average molecular weight is 440 g/mol. The van der Waals surface area contributed by atoms with Crippen LogP contribution in [0.25, 0.3) is 0 Å². The monoisotopic (exact) mass is 440 g/mol. The Morgan fingerprint density at radius 3 is 2.00 bits per heavy atom. The third-order valence-electron chi connectivity index (χ3n) is 5.24. The number of hydrogen-bond donors (Lipinski definition) is 1. The van der Waals surface area contributed by atoms with Gasteiger partial charge in [-0.3, -0.25) is 9.59 Å². The molecule has 30 heavy (non-hydrogen) atoms. The summed E-state index contributed by atoms with van der Waals surface area (Å²) in [5.41, 5.74) is -3.81. The quantitative estimate of drug-likeness (QED) is 0.709. The van der Waals surface area contributed by atoms with Crippen LogP contribution in [-0.4, -0.2) is 55.3 Å². The van der Waals surface area contributed by atoms with Gasteiger partial charge in [0.2, 0.25) is 5.91 Å². The molecule has 0 radical (unpaired) electrons. The van der Waals surface area contributed by atoms with Gasteiger partial charge < -0.3 is 15.0 Å². The summed E-state index contributed by atoms with van der Waals surface area (Å²) in [6.07, 6.45) is -12.4. The van der Waals surface area contributed by atoms with E-state index in [1.165, 1.54) is 45.2 Å². The number of carbonyl (C=O) groups is 2. The van der Waals surface area contributed by atoms with Crippen LogP contribution in [0.4, 0.5) is 26.3 Å². The summed E-state index contributed by atoms with van der Waals surface area (Å²) in [7, 11) is 1.43. The van der Waals surface area contributed by atoms with E-state index in [1.807, 2.05) is 0 Å². The minimum Gasteiger partial charge on any atom is -0.497 e. The fraction of sp³-hybridized carbons (Fsp3) is 0.579. The van der Waals surface area contributed by atoms with Crippen molar-refractivity contribution in [3.8, 4) is 5.75 Å². The van der Waals surface area contributed by atoms with Gasteiger partial charge in [0.1, 0.15) is 11.8 Å². The number of ether oxygens (including phenoxy) is 1.